The van der Waals surface area contributed by atoms with Gasteiger partial charge in [0.2, 0.25) is 0 Å². The van der Waals surface area contributed by atoms with Crippen molar-refractivity contribution in [3.8, 4) is 0 Å². The van der Waals surface area contributed by atoms with Crippen molar-refractivity contribution in [3.05, 3.63) is 0 Å². The molecule has 2 nitrogen and oxygen atoms in total. The quantitative estimate of drug-likeness (QED) is 0.715. The molecule has 1 heterocycles. The molecule has 1 rings (SSSR count). The van der Waals surface area contributed by atoms with E-state index in [-0.39, 0.29) is 5.41 Å². The fraction of sp³-hybridized carbons (Fsp3) is 0.923. The lowest BCUT2D eigenvalue weighted by Gasteiger charge is -2.38. The van der Waals surface area contributed by atoms with Crippen molar-refractivity contribution < 1.29 is 4.79 Å². The van der Waals surface area contributed by atoms with E-state index in [2.05, 4.69) is 32.6 Å². The Morgan fingerprint density at radius 3 is 2.40 bits per heavy atom. The summed E-state index contributed by atoms with van der Waals surface area (Å²) in [4.78, 5) is 13.9. The third-order valence-corrected chi connectivity index (χ3v) is 3.99. The van der Waals surface area contributed by atoms with Gasteiger partial charge in [-0.25, -0.2) is 0 Å². The van der Waals surface area contributed by atoms with Crippen molar-refractivity contribution in [2.24, 2.45) is 17.3 Å². The molecule has 2 unspecified atom stereocenters. The molecule has 0 saturated carbocycles. The van der Waals surface area contributed by atoms with Crippen LogP contribution in [-0.2, 0) is 4.79 Å². The molecule has 0 bridgehead atoms. The van der Waals surface area contributed by atoms with E-state index in [9.17, 15) is 4.79 Å². The zero-order chi connectivity index (χ0) is 11.6. The second-order valence-electron chi connectivity index (χ2n) is 5.92. The molecular formula is C13H25NO. The van der Waals surface area contributed by atoms with Crippen LogP contribution < -0.4 is 0 Å². The number of rotatable bonds is 3. The molecule has 88 valence electrons. The summed E-state index contributed by atoms with van der Waals surface area (Å²) in [5.41, 5.74) is -0.180. The lowest BCUT2D eigenvalue weighted by molar-refractivity contribution is -0.126. The second-order valence-corrected chi connectivity index (χ2v) is 5.92. The number of carbonyl (C=O) groups excluding carboxylic acids is 1. The number of nitrogens with zero attached hydrogens (tertiary/aromatic N) is 1. The van der Waals surface area contributed by atoms with E-state index in [0.717, 1.165) is 31.5 Å². The molecule has 1 fully saturated rings. The van der Waals surface area contributed by atoms with Gasteiger partial charge in [-0.2, -0.15) is 0 Å². The van der Waals surface area contributed by atoms with Crippen molar-refractivity contribution >= 4 is 5.78 Å². The average molecular weight is 211 g/mol. The third-order valence-electron chi connectivity index (χ3n) is 3.99. The van der Waals surface area contributed by atoms with Gasteiger partial charge in [0.1, 0.15) is 5.78 Å². The third kappa shape index (κ3) is 3.30. The van der Waals surface area contributed by atoms with Crippen molar-refractivity contribution in [1.82, 2.24) is 4.90 Å². The molecule has 0 aromatic rings. The number of ketones is 1. The molecule has 0 N–H and O–H groups in total. The van der Waals surface area contributed by atoms with Gasteiger partial charge in [-0.1, -0.05) is 27.7 Å². The Morgan fingerprint density at radius 2 is 1.93 bits per heavy atom. The van der Waals surface area contributed by atoms with E-state index in [0.29, 0.717) is 5.78 Å². The van der Waals surface area contributed by atoms with Gasteiger partial charge in [0.25, 0.3) is 0 Å². The summed E-state index contributed by atoms with van der Waals surface area (Å²) in [6.07, 6.45) is 1.27. The highest BCUT2D eigenvalue weighted by molar-refractivity contribution is 5.81. The van der Waals surface area contributed by atoms with Crippen LogP contribution in [0.2, 0.25) is 0 Å². The maximum atomic E-state index is 11.5. The second kappa shape index (κ2) is 4.65. The summed E-state index contributed by atoms with van der Waals surface area (Å²) in [6, 6.07) is 0. The van der Waals surface area contributed by atoms with E-state index < -0.39 is 0 Å². The highest BCUT2D eigenvalue weighted by Crippen LogP contribution is 2.26. The number of likely N-dealkylation sites (tertiary alicyclic amines) is 1. The van der Waals surface area contributed by atoms with Gasteiger partial charge in [0, 0.05) is 18.5 Å². The summed E-state index contributed by atoms with van der Waals surface area (Å²) in [7, 11) is 0. The van der Waals surface area contributed by atoms with Crippen molar-refractivity contribution in [3.63, 3.8) is 0 Å². The Labute approximate surface area is 94.0 Å². The molecule has 1 aliphatic heterocycles. The van der Waals surface area contributed by atoms with Gasteiger partial charge >= 0.3 is 0 Å². The Bertz CT molecular complexity index is 235. The minimum absolute atomic E-state index is 0.180. The van der Waals surface area contributed by atoms with Gasteiger partial charge < -0.3 is 4.90 Å². The zero-order valence-electron chi connectivity index (χ0n) is 10.8. The van der Waals surface area contributed by atoms with Crippen molar-refractivity contribution in [1.29, 1.82) is 0 Å². The standard InChI is InChI=1S/C13H25NO/c1-10-6-7-14(8-11(10)2)9-13(4,5)12(3)15/h10-11H,6-9H2,1-5H3. The lowest BCUT2D eigenvalue weighted by Crippen LogP contribution is -2.45. The number of piperidine rings is 1. The first kappa shape index (κ1) is 12.7. The molecule has 0 aromatic heterocycles. The SMILES string of the molecule is CC(=O)C(C)(C)CN1CCC(C)C(C)C1. The molecule has 0 aromatic carbocycles. The smallest absolute Gasteiger partial charge is 0.136 e. The molecule has 0 aliphatic carbocycles. The van der Waals surface area contributed by atoms with E-state index >= 15 is 0 Å². The van der Waals surface area contributed by atoms with Crippen LogP contribution in [-0.4, -0.2) is 30.3 Å². The number of carbonyl (C=O) groups is 1. The van der Waals surface area contributed by atoms with Crippen LogP contribution in [0.1, 0.15) is 41.0 Å². The largest absolute Gasteiger partial charge is 0.302 e. The van der Waals surface area contributed by atoms with Crippen molar-refractivity contribution in [2.45, 2.75) is 41.0 Å². The predicted octanol–water partition coefficient (Wildman–Crippen LogP) is 2.58. The Balaban J connectivity index is 2.50. The van der Waals surface area contributed by atoms with Crippen LogP contribution in [0.4, 0.5) is 0 Å². The first-order valence-corrected chi connectivity index (χ1v) is 6.06. The molecule has 15 heavy (non-hydrogen) atoms. The summed E-state index contributed by atoms with van der Waals surface area (Å²) >= 11 is 0. The fourth-order valence-corrected chi connectivity index (χ4v) is 2.16. The van der Waals surface area contributed by atoms with Crippen molar-refractivity contribution in [2.75, 3.05) is 19.6 Å². The van der Waals surface area contributed by atoms with Crippen LogP contribution in [0.15, 0.2) is 0 Å². The number of hydrogen-bond acceptors (Lipinski definition) is 2. The minimum Gasteiger partial charge on any atom is -0.302 e. The van der Waals surface area contributed by atoms with E-state index in [1.54, 1.807) is 6.92 Å². The lowest BCUT2D eigenvalue weighted by atomic mass is 9.84. The average Bonchev–Trinajstić information content (AvgIpc) is 2.10. The van der Waals surface area contributed by atoms with E-state index in [1.165, 1.54) is 6.42 Å². The van der Waals surface area contributed by atoms with Crippen LogP contribution >= 0.6 is 0 Å². The molecule has 0 amide bonds. The summed E-state index contributed by atoms with van der Waals surface area (Å²) in [6.45, 7) is 13.7. The highest BCUT2D eigenvalue weighted by atomic mass is 16.1. The van der Waals surface area contributed by atoms with Gasteiger partial charge in [0.15, 0.2) is 0 Å². The molecule has 2 atom stereocenters. The summed E-state index contributed by atoms with van der Waals surface area (Å²) in [5.74, 6) is 1.90. The monoisotopic (exact) mass is 211 g/mol. The normalized spacial score (nSPS) is 29.1. The summed E-state index contributed by atoms with van der Waals surface area (Å²) in [5, 5.41) is 0. The Hall–Kier alpha value is -0.370. The molecule has 1 saturated heterocycles. The van der Waals surface area contributed by atoms with E-state index in [1.807, 2.05) is 0 Å². The zero-order valence-corrected chi connectivity index (χ0v) is 10.8. The topological polar surface area (TPSA) is 20.3 Å². The van der Waals surface area contributed by atoms with Crippen LogP contribution in [0, 0.1) is 17.3 Å². The molecule has 0 spiro atoms. The summed E-state index contributed by atoms with van der Waals surface area (Å²) < 4.78 is 0. The maximum Gasteiger partial charge on any atom is 0.136 e. The number of hydrogen-bond donors (Lipinski definition) is 0. The Morgan fingerprint density at radius 1 is 1.33 bits per heavy atom. The maximum absolute atomic E-state index is 11.5. The first-order chi connectivity index (χ1) is 6.83. The van der Waals surface area contributed by atoms with Gasteiger partial charge in [-0.05, 0) is 31.7 Å². The predicted molar refractivity (Wildman–Crippen MR) is 63.8 cm³/mol. The van der Waals surface area contributed by atoms with Crippen LogP contribution in [0.3, 0.4) is 0 Å². The van der Waals surface area contributed by atoms with E-state index in [4.69, 9.17) is 0 Å². The first-order valence-electron chi connectivity index (χ1n) is 6.06. The van der Waals surface area contributed by atoms with Gasteiger partial charge in [0.05, 0.1) is 0 Å². The highest BCUT2D eigenvalue weighted by Gasteiger charge is 2.30. The molecule has 1 aliphatic rings. The minimum atomic E-state index is -0.180. The molecule has 2 heteroatoms. The van der Waals surface area contributed by atoms with Crippen LogP contribution in [0.5, 0.6) is 0 Å². The van der Waals surface area contributed by atoms with Gasteiger partial charge in [-0.15, -0.1) is 0 Å². The molecule has 0 radical (unpaired) electrons. The van der Waals surface area contributed by atoms with Gasteiger partial charge in [-0.3, -0.25) is 4.79 Å². The van der Waals surface area contributed by atoms with Crippen LogP contribution in [0.25, 0.3) is 0 Å². The Kier molecular flexibility index (Phi) is 3.93. The number of Topliss-reactive ketones (excluding diaryl/α,β-unsaturated/α-hetero) is 1. The molecular weight excluding hydrogens is 186 g/mol. The fourth-order valence-electron chi connectivity index (χ4n) is 2.16.